The second-order valence-electron chi connectivity index (χ2n) is 10.4. The molecule has 0 radical (unpaired) electrons. The van der Waals surface area contributed by atoms with Crippen LogP contribution in [-0.4, -0.2) is 61.0 Å². The van der Waals surface area contributed by atoms with E-state index in [9.17, 15) is 14.7 Å². The first-order chi connectivity index (χ1) is 18.2. The van der Waals surface area contributed by atoms with Crippen LogP contribution in [0, 0.1) is 11.8 Å². The van der Waals surface area contributed by atoms with Crippen LogP contribution in [0.3, 0.4) is 0 Å². The van der Waals surface area contributed by atoms with E-state index in [2.05, 4.69) is 15.0 Å². The van der Waals surface area contributed by atoms with Crippen molar-refractivity contribution in [3.8, 4) is 0 Å². The fraction of sp³-hybridized carbons (Fsp3) is 0.741. The molecule has 1 aliphatic rings. The monoisotopic (exact) mass is 533 g/mol. The van der Waals surface area contributed by atoms with E-state index in [-0.39, 0.29) is 30.2 Å². The number of anilines is 1. The lowest BCUT2D eigenvalue weighted by atomic mass is 9.93. The third-order valence-corrected chi connectivity index (χ3v) is 7.29. The summed E-state index contributed by atoms with van der Waals surface area (Å²) in [6.45, 7) is 9.45. The summed E-state index contributed by atoms with van der Waals surface area (Å²) in [5, 5.41) is 11.7. The Morgan fingerprint density at radius 3 is 2.18 bits per heavy atom. The van der Waals surface area contributed by atoms with Crippen molar-refractivity contribution in [3.05, 3.63) is 12.7 Å². The van der Waals surface area contributed by atoms with Gasteiger partial charge < -0.3 is 25.1 Å². The summed E-state index contributed by atoms with van der Waals surface area (Å²) in [5.41, 5.74) is 5.05. The molecule has 3 N–H and O–H groups in total. The normalized spacial score (nSPS) is 23.4. The van der Waals surface area contributed by atoms with E-state index < -0.39 is 30.0 Å². The van der Waals surface area contributed by atoms with Crippen LogP contribution in [0.2, 0.25) is 0 Å². The van der Waals surface area contributed by atoms with Crippen molar-refractivity contribution in [2.24, 2.45) is 11.8 Å². The maximum atomic E-state index is 13.3. The van der Waals surface area contributed by atoms with E-state index in [1.165, 1.54) is 19.6 Å². The zero-order valence-corrected chi connectivity index (χ0v) is 23.3. The third kappa shape index (κ3) is 6.43. The van der Waals surface area contributed by atoms with Crippen LogP contribution < -0.4 is 5.73 Å². The molecule has 4 atom stereocenters. The van der Waals surface area contributed by atoms with E-state index in [1.54, 1.807) is 4.57 Å². The molecule has 3 rings (SSSR count). The van der Waals surface area contributed by atoms with Crippen LogP contribution in [0.4, 0.5) is 5.82 Å². The largest absolute Gasteiger partial charge is 0.463 e. The molecule has 2 aromatic heterocycles. The van der Waals surface area contributed by atoms with Crippen LogP contribution in [0.15, 0.2) is 12.7 Å². The van der Waals surface area contributed by atoms with Gasteiger partial charge in [0.15, 0.2) is 23.8 Å². The van der Waals surface area contributed by atoms with Gasteiger partial charge in [-0.3, -0.25) is 14.2 Å². The minimum atomic E-state index is -1.66. The first-order valence-electron chi connectivity index (χ1n) is 13.9. The molecular weight excluding hydrogens is 490 g/mol. The molecule has 38 heavy (non-hydrogen) atoms. The Hall–Kier alpha value is -2.79. The van der Waals surface area contributed by atoms with E-state index in [0.29, 0.717) is 24.0 Å². The molecule has 0 bridgehead atoms. The van der Waals surface area contributed by atoms with Crippen LogP contribution in [-0.2, 0) is 23.8 Å². The smallest absolute Gasteiger partial charge is 0.309 e. The second kappa shape index (κ2) is 13.3. The van der Waals surface area contributed by atoms with Gasteiger partial charge in [0.05, 0.1) is 18.2 Å². The number of aliphatic hydroxyl groups is 1. The molecular formula is C27H43N5O6. The number of hydrogen-bond donors (Lipinski definition) is 2. The van der Waals surface area contributed by atoms with Gasteiger partial charge in [-0.05, 0) is 32.6 Å². The summed E-state index contributed by atoms with van der Waals surface area (Å²) in [6.07, 6.45) is 5.98. The van der Waals surface area contributed by atoms with Gasteiger partial charge in [-0.2, -0.15) is 0 Å². The summed E-state index contributed by atoms with van der Waals surface area (Å²) in [6, 6.07) is 0. The SMILES string of the molecule is CCCC(CCC)C(=O)OC[C@H]1O[C@@H](n2cnc3c(N)ncnc32)[C@H](OC(=O)C(CCC)CCC)[C@]1(C)O. The lowest BCUT2D eigenvalue weighted by molar-refractivity contribution is -0.171. The highest BCUT2D eigenvalue weighted by Crippen LogP contribution is 2.41. The number of aromatic nitrogens is 4. The van der Waals surface area contributed by atoms with Crippen LogP contribution in [0.1, 0.15) is 92.2 Å². The fourth-order valence-corrected chi connectivity index (χ4v) is 5.15. The molecule has 2 aromatic rings. The molecule has 11 nitrogen and oxygen atoms in total. The lowest BCUT2D eigenvalue weighted by Crippen LogP contribution is -2.49. The van der Waals surface area contributed by atoms with Crippen molar-refractivity contribution in [2.75, 3.05) is 12.3 Å². The number of hydrogen-bond acceptors (Lipinski definition) is 10. The van der Waals surface area contributed by atoms with E-state index in [0.717, 1.165) is 38.5 Å². The Kier molecular flexibility index (Phi) is 10.4. The quantitative estimate of drug-likeness (QED) is 0.341. The fourth-order valence-electron chi connectivity index (χ4n) is 5.15. The average Bonchev–Trinajstić information content (AvgIpc) is 3.41. The average molecular weight is 534 g/mol. The van der Waals surface area contributed by atoms with E-state index in [4.69, 9.17) is 19.9 Å². The minimum absolute atomic E-state index is 0.183. The number of fused-ring (bicyclic) bond motifs is 1. The van der Waals surface area contributed by atoms with E-state index in [1.807, 2.05) is 27.7 Å². The topological polar surface area (TPSA) is 152 Å². The second-order valence-corrected chi connectivity index (χ2v) is 10.4. The molecule has 0 spiro atoms. The number of ether oxygens (including phenoxy) is 3. The molecule has 0 amide bonds. The zero-order valence-electron chi connectivity index (χ0n) is 23.3. The summed E-state index contributed by atoms with van der Waals surface area (Å²) >= 11 is 0. The van der Waals surface area contributed by atoms with Gasteiger partial charge in [-0.15, -0.1) is 0 Å². The molecule has 0 aromatic carbocycles. The van der Waals surface area contributed by atoms with Crippen LogP contribution >= 0.6 is 0 Å². The van der Waals surface area contributed by atoms with Gasteiger partial charge in [0.25, 0.3) is 0 Å². The predicted molar refractivity (Wildman–Crippen MR) is 142 cm³/mol. The summed E-state index contributed by atoms with van der Waals surface area (Å²) in [4.78, 5) is 38.6. The number of carbonyl (C=O) groups is 2. The van der Waals surface area contributed by atoms with E-state index >= 15 is 0 Å². The molecule has 0 aliphatic carbocycles. The number of esters is 2. The highest BCUT2D eigenvalue weighted by molar-refractivity contribution is 5.81. The number of nitrogen functional groups attached to an aromatic ring is 1. The Bertz CT molecular complexity index is 1060. The summed E-state index contributed by atoms with van der Waals surface area (Å²) in [5.74, 6) is -1.01. The number of nitrogens with two attached hydrogens (primary N) is 1. The third-order valence-electron chi connectivity index (χ3n) is 7.29. The summed E-state index contributed by atoms with van der Waals surface area (Å²) < 4.78 is 19.5. The van der Waals surface area contributed by atoms with Gasteiger partial charge in [0, 0.05) is 0 Å². The van der Waals surface area contributed by atoms with Crippen molar-refractivity contribution in [3.63, 3.8) is 0 Å². The van der Waals surface area contributed by atoms with Crippen molar-refractivity contribution in [1.82, 2.24) is 19.5 Å². The number of carbonyl (C=O) groups excluding carboxylic acids is 2. The maximum absolute atomic E-state index is 13.3. The van der Waals surface area contributed by atoms with Crippen LogP contribution in [0.5, 0.6) is 0 Å². The van der Waals surface area contributed by atoms with Gasteiger partial charge in [0.2, 0.25) is 0 Å². The first kappa shape index (κ1) is 29.8. The molecule has 11 heteroatoms. The lowest BCUT2D eigenvalue weighted by Gasteiger charge is -2.31. The highest BCUT2D eigenvalue weighted by Gasteiger charge is 2.57. The molecule has 1 fully saturated rings. The highest BCUT2D eigenvalue weighted by atomic mass is 16.6. The van der Waals surface area contributed by atoms with Gasteiger partial charge in [-0.25, -0.2) is 15.0 Å². The maximum Gasteiger partial charge on any atom is 0.309 e. The predicted octanol–water partition coefficient (Wildman–Crippen LogP) is 3.94. The Morgan fingerprint density at radius 2 is 1.61 bits per heavy atom. The van der Waals surface area contributed by atoms with Gasteiger partial charge in [-0.1, -0.05) is 53.4 Å². The Balaban J connectivity index is 1.90. The van der Waals surface area contributed by atoms with Gasteiger partial charge >= 0.3 is 11.9 Å². The molecule has 1 saturated heterocycles. The molecule has 1 aliphatic heterocycles. The Morgan fingerprint density at radius 1 is 1.03 bits per heavy atom. The number of imidazole rings is 1. The molecule has 3 heterocycles. The van der Waals surface area contributed by atoms with Crippen molar-refractivity contribution >= 4 is 28.9 Å². The summed E-state index contributed by atoms with van der Waals surface area (Å²) in [7, 11) is 0. The number of rotatable bonds is 14. The van der Waals surface area contributed by atoms with Crippen molar-refractivity contribution in [2.45, 2.75) is 110 Å². The first-order valence-corrected chi connectivity index (χ1v) is 13.9. The Labute approximate surface area is 224 Å². The number of nitrogens with zero attached hydrogens (tertiary/aromatic N) is 4. The molecule has 0 saturated carbocycles. The standard InChI is InChI=1S/C27H43N5O6/c1-6-10-17(11-7-2)25(33)36-14-19-27(5,35)21(38-26(34)18(12-8-3)13-9-4)24(37-19)32-16-31-20-22(28)29-15-30-23(20)32/h15-19,21,24,35H,6-14H2,1-5H3,(H2,28,29,30)/t19-,21+,24-,27-/m1/s1. The zero-order chi connectivity index (χ0) is 27.9. The van der Waals surface area contributed by atoms with Crippen molar-refractivity contribution in [1.29, 1.82) is 0 Å². The minimum Gasteiger partial charge on any atom is -0.463 e. The molecule has 0 unspecified atom stereocenters. The van der Waals surface area contributed by atoms with Crippen molar-refractivity contribution < 1.29 is 28.9 Å². The van der Waals surface area contributed by atoms with Gasteiger partial charge in [0.1, 0.15) is 30.2 Å². The molecule has 212 valence electrons. The van der Waals surface area contributed by atoms with Crippen LogP contribution in [0.25, 0.3) is 11.2 Å².